The van der Waals surface area contributed by atoms with Crippen molar-refractivity contribution in [1.29, 1.82) is 0 Å². The van der Waals surface area contributed by atoms with E-state index >= 15 is 0 Å². The number of urea groups is 1. The quantitative estimate of drug-likeness (QED) is 0.386. The molecule has 0 bridgehead atoms. The van der Waals surface area contributed by atoms with Gasteiger partial charge in [0.1, 0.15) is 6.54 Å². The number of nitrogens with one attached hydrogen (secondary N) is 2. The fourth-order valence-corrected chi connectivity index (χ4v) is 2.50. The van der Waals surface area contributed by atoms with E-state index in [9.17, 15) is 24.0 Å². The smallest absolute Gasteiger partial charge is 0.335 e. The van der Waals surface area contributed by atoms with Crippen LogP contribution in [0.3, 0.4) is 0 Å². The van der Waals surface area contributed by atoms with Crippen LogP contribution in [0.15, 0.2) is 36.9 Å². The zero-order valence-corrected chi connectivity index (χ0v) is 14.9. The van der Waals surface area contributed by atoms with Gasteiger partial charge < -0.3 is 10.6 Å². The summed E-state index contributed by atoms with van der Waals surface area (Å²) >= 11 is 0. The zero-order valence-electron chi connectivity index (χ0n) is 14.9. The summed E-state index contributed by atoms with van der Waals surface area (Å²) in [5, 5.41) is 5.01. The van der Waals surface area contributed by atoms with Gasteiger partial charge in [0.25, 0.3) is 0 Å². The lowest BCUT2D eigenvalue weighted by atomic mass is 10.1. The fourth-order valence-electron chi connectivity index (χ4n) is 2.50. The number of carbonyl (C=O) groups is 5. The van der Waals surface area contributed by atoms with E-state index in [2.05, 4.69) is 17.2 Å². The number of para-hydroxylation sites is 1. The minimum Gasteiger partial charge on any atom is -0.345 e. The van der Waals surface area contributed by atoms with Crippen LogP contribution in [0.25, 0.3) is 0 Å². The normalized spacial score (nSPS) is 13.7. The Hall–Kier alpha value is -3.49. The van der Waals surface area contributed by atoms with Crippen LogP contribution in [0, 0.1) is 0 Å². The van der Waals surface area contributed by atoms with Gasteiger partial charge in [-0.05, 0) is 18.1 Å². The average molecular weight is 372 g/mol. The van der Waals surface area contributed by atoms with E-state index < -0.39 is 36.2 Å². The molecule has 0 aliphatic carbocycles. The van der Waals surface area contributed by atoms with Gasteiger partial charge in [-0.15, -0.1) is 6.58 Å². The topological polar surface area (TPSA) is 116 Å². The Kier molecular flexibility index (Phi) is 6.42. The molecule has 1 aliphatic heterocycles. The van der Waals surface area contributed by atoms with Gasteiger partial charge in [-0.3, -0.25) is 24.1 Å². The molecule has 1 saturated heterocycles. The first-order valence-electron chi connectivity index (χ1n) is 8.31. The molecule has 1 aromatic rings. The highest BCUT2D eigenvalue weighted by Gasteiger charge is 2.44. The number of nitrogens with zero attached hydrogens (tertiary/aromatic N) is 2. The molecule has 9 heteroatoms. The minimum absolute atomic E-state index is 0.124. The predicted octanol–water partition coefficient (Wildman–Crippen LogP) is 0.280. The first-order chi connectivity index (χ1) is 12.9. The van der Waals surface area contributed by atoms with Crippen LogP contribution in [0.1, 0.15) is 12.5 Å². The number of aryl methyl sites for hydroxylation is 1. The van der Waals surface area contributed by atoms with E-state index in [-0.39, 0.29) is 13.1 Å². The van der Waals surface area contributed by atoms with E-state index in [0.717, 1.165) is 12.0 Å². The van der Waals surface area contributed by atoms with Gasteiger partial charge in [-0.2, -0.15) is 0 Å². The molecule has 27 heavy (non-hydrogen) atoms. The highest BCUT2D eigenvalue weighted by molar-refractivity contribution is 6.45. The second-order valence-corrected chi connectivity index (χ2v) is 5.71. The first kappa shape index (κ1) is 19.8. The van der Waals surface area contributed by atoms with Crippen LogP contribution in [-0.2, 0) is 25.6 Å². The lowest BCUT2D eigenvalue weighted by molar-refractivity contribution is -0.143. The van der Waals surface area contributed by atoms with Gasteiger partial charge in [-0.25, -0.2) is 9.69 Å². The Labute approximate surface area is 156 Å². The van der Waals surface area contributed by atoms with Crippen molar-refractivity contribution < 1.29 is 24.0 Å². The van der Waals surface area contributed by atoms with Crippen LogP contribution in [0.4, 0.5) is 10.5 Å². The van der Waals surface area contributed by atoms with Crippen molar-refractivity contribution in [3.8, 4) is 0 Å². The van der Waals surface area contributed by atoms with Crippen LogP contribution in [-0.4, -0.2) is 59.1 Å². The molecule has 0 unspecified atom stereocenters. The number of imide groups is 2. The number of rotatable bonds is 8. The fraction of sp³-hybridized carbons (Fsp3) is 0.278. The first-order valence-corrected chi connectivity index (χ1v) is 8.31. The standard InChI is InChI=1S/C18H20N4O5/c1-3-9-21-16(25)17(26)22(18(21)27)11-15(24)19-10-14(23)20-13-8-6-5-7-12(13)4-2/h3,5-8H,1,4,9-11H2,2H3,(H,19,24)(H,20,23). The summed E-state index contributed by atoms with van der Waals surface area (Å²) in [6.07, 6.45) is 2.03. The third-order valence-corrected chi connectivity index (χ3v) is 3.87. The molecule has 142 valence electrons. The molecule has 1 heterocycles. The number of hydrogen-bond donors (Lipinski definition) is 2. The predicted molar refractivity (Wildman–Crippen MR) is 96.5 cm³/mol. The molecule has 2 N–H and O–H groups in total. The van der Waals surface area contributed by atoms with Crippen LogP contribution in [0.5, 0.6) is 0 Å². The van der Waals surface area contributed by atoms with E-state index in [1.54, 1.807) is 12.1 Å². The van der Waals surface area contributed by atoms with E-state index in [4.69, 9.17) is 0 Å². The zero-order chi connectivity index (χ0) is 20.0. The number of amides is 6. The third-order valence-electron chi connectivity index (χ3n) is 3.87. The summed E-state index contributed by atoms with van der Waals surface area (Å²) in [7, 11) is 0. The summed E-state index contributed by atoms with van der Waals surface area (Å²) < 4.78 is 0. The minimum atomic E-state index is -1.08. The Morgan fingerprint density at radius 2 is 1.74 bits per heavy atom. The number of carbonyl (C=O) groups excluding carboxylic acids is 5. The van der Waals surface area contributed by atoms with E-state index in [1.807, 2.05) is 19.1 Å². The van der Waals surface area contributed by atoms with Crippen molar-refractivity contribution in [2.24, 2.45) is 0 Å². The monoisotopic (exact) mass is 372 g/mol. The largest absolute Gasteiger partial charge is 0.345 e. The Bertz CT molecular complexity index is 805. The Morgan fingerprint density at radius 3 is 2.41 bits per heavy atom. The number of anilines is 1. The number of hydrogen-bond acceptors (Lipinski definition) is 5. The molecule has 9 nitrogen and oxygen atoms in total. The summed E-state index contributed by atoms with van der Waals surface area (Å²) in [6, 6.07) is 6.38. The lowest BCUT2D eigenvalue weighted by Gasteiger charge is -2.14. The van der Waals surface area contributed by atoms with Crippen molar-refractivity contribution in [2.75, 3.05) is 25.0 Å². The molecule has 0 spiro atoms. The maximum absolute atomic E-state index is 12.0. The van der Waals surface area contributed by atoms with E-state index in [0.29, 0.717) is 15.5 Å². The molecule has 0 aromatic heterocycles. The average Bonchev–Trinajstić information content (AvgIpc) is 2.85. The van der Waals surface area contributed by atoms with Gasteiger partial charge in [0, 0.05) is 12.2 Å². The second-order valence-electron chi connectivity index (χ2n) is 5.71. The lowest BCUT2D eigenvalue weighted by Crippen LogP contribution is -2.43. The maximum atomic E-state index is 12.0. The van der Waals surface area contributed by atoms with Crippen molar-refractivity contribution in [1.82, 2.24) is 15.1 Å². The van der Waals surface area contributed by atoms with E-state index in [1.165, 1.54) is 6.08 Å². The highest BCUT2D eigenvalue weighted by Crippen LogP contribution is 2.15. The van der Waals surface area contributed by atoms with Crippen molar-refractivity contribution in [3.05, 3.63) is 42.5 Å². The van der Waals surface area contributed by atoms with Gasteiger partial charge in [-0.1, -0.05) is 31.2 Å². The van der Waals surface area contributed by atoms with Gasteiger partial charge >= 0.3 is 17.8 Å². The van der Waals surface area contributed by atoms with Gasteiger partial charge in [0.05, 0.1) is 6.54 Å². The van der Waals surface area contributed by atoms with Crippen molar-refractivity contribution in [3.63, 3.8) is 0 Å². The molecule has 1 aromatic carbocycles. The second kappa shape index (κ2) is 8.75. The summed E-state index contributed by atoms with van der Waals surface area (Å²) in [5.74, 6) is -3.28. The SMILES string of the molecule is C=CCN1C(=O)C(=O)N(CC(=O)NCC(=O)Nc2ccccc2CC)C1=O. The molecule has 0 saturated carbocycles. The molecular weight excluding hydrogens is 352 g/mol. The third kappa shape index (κ3) is 4.57. The summed E-state index contributed by atoms with van der Waals surface area (Å²) in [6.45, 7) is 4.25. The number of benzene rings is 1. The van der Waals surface area contributed by atoms with Crippen molar-refractivity contribution >= 4 is 35.3 Å². The summed E-state index contributed by atoms with van der Waals surface area (Å²) in [5.41, 5.74) is 1.60. The molecule has 0 radical (unpaired) electrons. The molecule has 1 fully saturated rings. The molecule has 2 rings (SSSR count). The molecule has 6 amide bonds. The van der Waals surface area contributed by atoms with Crippen LogP contribution >= 0.6 is 0 Å². The Balaban J connectivity index is 1.88. The maximum Gasteiger partial charge on any atom is 0.335 e. The Morgan fingerprint density at radius 1 is 1.07 bits per heavy atom. The van der Waals surface area contributed by atoms with Crippen LogP contribution in [0.2, 0.25) is 0 Å². The van der Waals surface area contributed by atoms with Crippen LogP contribution < -0.4 is 10.6 Å². The molecule has 0 atom stereocenters. The molecule has 1 aliphatic rings. The van der Waals surface area contributed by atoms with Gasteiger partial charge in [0.15, 0.2) is 0 Å². The van der Waals surface area contributed by atoms with Gasteiger partial charge in [0.2, 0.25) is 11.8 Å². The highest BCUT2D eigenvalue weighted by atomic mass is 16.2. The molecular formula is C18H20N4O5. The summed E-state index contributed by atoms with van der Waals surface area (Å²) in [4.78, 5) is 60.7. The van der Waals surface area contributed by atoms with Crippen molar-refractivity contribution in [2.45, 2.75) is 13.3 Å².